The van der Waals surface area contributed by atoms with Gasteiger partial charge >= 0.3 is 5.97 Å². The van der Waals surface area contributed by atoms with Crippen LogP contribution in [0.5, 0.6) is 0 Å². The molecule has 0 bridgehead atoms. The van der Waals surface area contributed by atoms with Crippen LogP contribution in [0.4, 0.5) is 0 Å². The number of carbonyl (C=O) groups excluding carboxylic acids is 1. The van der Waals surface area contributed by atoms with Gasteiger partial charge < -0.3 is 9.72 Å². The van der Waals surface area contributed by atoms with Crippen LogP contribution in [0.2, 0.25) is 0 Å². The molecule has 1 aromatic carbocycles. The lowest BCUT2D eigenvalue weighted by Gasteiger charge is -2.02. The van der Waals surface area contributed by atoms with Crippen molar-refractivity contribution in [1.82, 2.24) is 9.97 Å². The predicted octanol–water partition coefficient (Wildman–Crippen LogP) is 2.89. The quantitative estimate of drug-likeness (QED) is 0.701. The molecule has 1 N–H and O–H groups in total. The summed E-state index contributed by atoms with van der Waals surface area (Å²) in [6.45, 7) is 2.17. The number of esters is 1. The summed E-state index contributed by atoms with van der Waals surface area (Å²) in [4.78, 5) is 19.3. The van der Waals surface area contributed by atoms with Gasteiger partial charge in [-0.25, -0.2) is 4.79 Å². The first-order valence-corrected chi connectivity index (χ1v) is 5.83. The highest BCUT2D eigenvalue weighted by Crippen LogP contribution is 2.26. The first-order chi connectivity index (χ1) is 8.81. The number of H-pyrrole nitrogens is 1. The van der Waals surface area contributed by atoms with Crippen molar-refractivity contribution in [2.24, 2.45) is 0 Å². The highest BCUT2D eigenvalue weighted by molar-refractivity contribution is 6.14. The number of nitrogens with zero attached hydrogens (tertiary/aromatic N) is 1. The van der Waals surface area contributed by atoms with Crippen LogP contribution in [0.25, 0.3) is 21.8 Å². The number of carbonyl (C=O) groups is 1. The lowest BCUT2D eigenvalue weighted by Crippen LogP contribution is -2.03. The third-order valence-electron chi connectivity index (χ3n) is 2.91. The van der Waals surface area contributed by atoms with Crippen molar-refractivity contribution < 1.29 is 9.53 Å². The first-order valence-electron chi connectivity index (χ1n) is 5.83. The number of aromatic nitrogens is 2. The molecule has 4 heteroatoms. The fourth-order valence-electron chi connectivity index (χ4n) is 2.13. The largest absolute Gasteiger partial charge is 0.462 e. The van der Waals surface area contributed by atoms with Crippen molar-refractivity contribution in [3.05, 3.63) is 42.2 Å². The summed E-state index contributed by atoms with van der Waals surface area (Å²) in [5, 5.41) is 1.83. The Hall–Kier alpha value is -2.36. The molecule has 0 radical (unpaired) electrons. The zero-order valence-corrected chi connectivity index (χ0v) is 9.93. The van der Waals surface area contributed by atoms with Gasteiger partial charge in [0.15, 0.2) is 0 Å². The van der Waals surface area contributed by atoms with E-state index in [1.807, 2.05) is 24.3 Å². The van der Waals surface area contributed by atoms with Gasteiger partial charge in [-0.3, -0.25) is 4.98 Å². The molecule has 90 valence electrons. The van der Waals surface area contributed by atoms with E-state index in [1.54, 1.807) is 19.3 Å². The maximum absolute atomic E-state index is 11.9. The van der Waals surface area contributed by atoms with Gasteiger partial charge in [0.1, 0.15) is 0 Å². The summed E-state index contributed by atoms with van der Waals surface area (Å²) in [6.07, 6.45) is 3.41. The third kappa shape index (κ3) is 1.54. The van der Waals surface area contributed by atoms with Crippen molar-refractivity contribution in [2.75, 3.05) is 6.61 Å². The van der Waals surface area contributed by atoms with Crippen molar-refractivity contribution in [1.29, 1.82) is 0 Å². The minimum absolute atomic E-state index is 0.305. The smallest absolute Gasteiger partial charge is 0.340 e. The Morgan fingerprint density at radius 2 is 2.22 bits per heavy atom. The second kappa shape index (κ2) is 4.14. The van der Waals surface area contributed by atoms with Gasteiger partial charge in [0.05, 0.1) is 29.4 Å². The zero-order chi connectivity index (χ0) is 12.5. The van der Waals surface area contributed by atoms with E-state index in [0.29, 0.717) is 12.2 Å². The molecule has 0 saturated carbocycles. The number of para-hydroxylation sites is 1. The molecule has 4 nitrogen and oxygen atoms in total. The van der Waals surface area contributed by atoms with Gasteiger partial charge in [0.2, 0.25) is 0 Å². The normalized spacial score (nSPS) is 10.9. The van der Waals surface area contributed by atoms with Crippen molar-refractivity contribution in [3.63, 3.8) is 0 Å². The number of pyridine rings is 1. The molecule has 0 fully saturated rings. The SMILES string of the molecule is CCOC(=O)c1c[nH]c2cnc3ccccc3c12. The molecule has 3 rings (SSSR count). The summed E-state index contributed by atoms with van der Waals surface area (Å²) in [7, 11) is 0. The van der Waals surface area contributed by atoms with Crippen LogP contribution in [-0.4, -0.2) is 22.5 Å². The number of rotatable bonds is 2. The van der Waals surface area contributed by atoms with Crippen molar-refractivity contribution in [2.45, 2.75) is 6.92 Å². The minimum Gasteiger partial charge on any atom is -0.462 e. The van der Waals surface area contributed by atoms with E-state index in [-0.39, 0.29) is 5.97 Å². The average Bonchev–Trinajstić information content (AvgIpc) is 2.83. The molecule has 3 aromatic rings. The molecule has 2 heterocycles. The molecule has 0 atom stereocenters. The molecule has 0 unspecified atom stereocenters. The van der Waals surface area contributed by atoms with E-state index in [4.69, 9.17) is 4.74 Å². The van der Waals surface area contributed by atoms with Gasteiger partial charge in [-0.2, -0.15) is 0 Å². The summed E-state index contributed by atoms with van der Waals surface area (Å²) >= 11 is 0. The van der Waals surface area contributed by atoms with Gasteiger partial charge in [0.25, 0.3) is 0 Å². The van der Waals surface area contributed by atoms with Crippen LogP contribution in [-0.2, 0) is 4.74 Å². The topological polar surface area (TPSA) is 55.0 Å². The molecular weight excluding hydrogens is 228 g/mol. The summed E-state index contributed by atoms with van der Waals surface area (Å²) in [6, 6.07) is 7.75. The molecule has 0 aliphatic carbocycles. The molecular formula is C14H12N2O2. The number of aromatic amines is 1. The fraction of sp³-hybridized carbons (Fsp3) is 0.143. The molecule has 0 saturated heterocycles. The number of hydrogen-bond acceptors (Lipinski definition) is 3. The number of hydrogen-bond donors (Lipinski definition) is 1. The van der Waals surface area contributed by atoms with Gasteiger partial charge in [-0.05, 0) is 13.0 Å². The Morgan fingerprint density at radius 3 is 3.06 bits per heavy atom. The van der Waals surface area contributed by atoms with Gasteiger partial charge in [-0.1, -0.05) is 18.2 Å². The van der Waals surface area contributed by atoms with Crippen molar-refractivity contribution in [3.8, 4) is 0 Å². The van der Waals surface area contributed by atoms with Crippen molar-refractivity contribution >= 4 is 27.8 Å². The summed E-state index contributed by atoms with van der Waals surface area (Å²) in [5.74, 6) is -0.305. The molecule has 2 aromatic heterocycles. The minimum atomic E-state index is -0.305. The molecule has 0 spiro atoms. The molecule has 18 heavy (non-hydrogen) atoms. The highest BCUT2D eigenvalue weighted by atomic mass is 16.5. The number of nitrogens with one attached hydrogen (secondary N) is 1. The zero-order valence-electron chi connectivity index (χ0n) is 9.93. The summed E-state index contributed by atoms with van der Waals surface area (Å²) in [5.41, 5.74) is 2.28. The Balaban J connectivity index is 2.33. The highest BCUT2D eigenvalue weighted by Gasteiger charge is 2.15. The Bertz CT molecular complexity index is 731. The van der Waals surface area contributed by atoms with E-state index in [0.717, 1.165) is 21.8 Å². The third-order valence-corrected chi connectivity index (χ3v) is 2.91. The van der Waals surface area contributed by atoms with E-state index < -0.39 is 0 Å². The first kappa shape index (κ1) is 10.8. The lowest BCUT2D eigenvalue weighted by molar-refractivity contribution is 0.0529. The number of benzene rings is 1. The fourth-order valence-corrected chi connectivity index (χ4v) is 2.13. The Morgan fingerprint density at radius 1 is 1.39 bits per heavy atom. The van der Waals surface area contributed by atoms with Crippen LogP contribution in [0, 0.1) is 0 Å². The molecule has 0 amide bonds. The standard InChI is InChI=1S/C14H12N2O2/c1-2-18-14(17)10-7-15-12-8-16-11-6-4-3-5-9(11)13(10)12/h3-8,15H,2H2,1H3. The van der Waals surface area contributed by atoms with E-state index >= 15 is 0 Å². The maximum atomic E-state index is 11.9. The van der Waals surface area contributed by atoms with Crippen LogP contribution in [0.1, 0.15) is 17.3 Å². The molecule has 0 aliphatic heterocycles. The monoisotopic (exact) mass is 240 g/mol. The lowest BCUT2D eigenvalue weighted by atomic mass is 10.1. The van der Waals surface area contributed by atoms with Crippen LogP contribution in [0.3, 0.4) is 0 Å². The van der Waals surface area contributed by atoms with Gasteiger partial charge in [-0.15, -0.1) is 0 Å². The number of fused-ring (bicyclic) bond motifs is 3. The Kier molecular flexibility index (Phi) is 2.48. The second-order valence-corrected chi connectivity index (χ2v) is 3.99. The van der Waals surface area contributed by atoms with E-state index in [1.165, 1.54) is 0 Å². The average molecular weight is 240 g/mol. The maximum Gasteiger partial charge on any atom is 0.340 e. The van der Waals surface area contributed by atoms with Crippen LogP contribution >= 0.6 is 0 Å². The van der Waals surface area contributed by atoms with E-state index in [9.17, 15) is 4.79 Å². The second-order valence-electron chi connectivity index (χ2n) is 3.99. The van der Waals surface area contributed by atoms with E-state index in [2.05, 4.69) is 9.97 Å². The number of ether oxygens (including phenoxy) is 1. The van der Waals surface area contributed by atoms with Crippen LogP contribution in [0.15, 0.2) is 36.7 Å². The van der Waals surface area contributed by atoms with Gasteiger partial charge in [0, 0.05) is 17.0 Å². The Labute approximate surface area is 104 Å². The van der Waals surface area contributed by atoms with Crippen LogP contribution < -0.4 is 0 Å². The predicted molar refractivity (Wildman–Crippen MR) is 69.6 cm³/mol. The molecule has 0 aliphatic rings. The summed E-state index contributed by atoms with van der Waals surface area (Å²) < 4.78 is 5.06.